The second-order valence-corrected chi connectivity index (χ2v) is 8.75. The topological polar surface area (TPSA) is 73.2 Å². The highest BCUT2D eigenvalue weighted by Crippen LogP contribution is 2.40. The standard InChI is InChI=1S/C27H32F4N2O4/c1-7-16(2)13-32(5)25-17(3)22(19-8-10-21(11-9-19)37-27(29,30)31)12-20(24(25)23(35)15-34)14-33(6)26(36)18(4)28/h8-13,23,34-35H,4,7,14-15H2,1-3,5-6H3/b16-13+. The van der Waals surface area contributed by atoms with Crippen LogP contribution in [0.2, 0.25) is 0 Å². The average Bonchev–Trinajstić information content (AvgIpc) is 2.82. The summed E-state index contributed by atoms with van der Waals surface area (Å²) < 4.78 is 55.3. The minimum atomic E-state index is -4.83. The van der Waals surface area contributed by atoms with Crippen LogP contribution in [0.3, 0.4) is 0 Å². The fourth-order valence-corrected chi connectivity index (χ4v) is 4.05. The van der Waals surface area contributed by atoms with Gasteiger partial charge in [-0.1, -0.05) is 31.2 Å². The Balaban J connectivity index is 2.81. The summed E-state index contributed by atoms with van der Waals surface area (Å²) in [6.45, 7) is 7.99. The number of hydrogen-bond donors (Lipinski definition) is 2. The van der Waals surface area contributed by atoms with Crippen LogP contribution in [-0.2, 0) is 11.3 Å². The zero-order chi connectivity index (χ0) is 28.1. The number of anilines is 1. The molecule has 6 nitrogen and oxygen atoms in total. The Kier molecular flexibility index (Phi) is 9.88. The lowest BCUT2D eigenvalue weighted by Crippen LogP contribution is -2.28. The summed E-state index contributed by atoms with van der Waals surface area (Å²) in [5.41, 5.74) is 4.14. The van der Waals surface area contributed by atoms with Gasteiger partial charge in [0.1, 0.15) is 11.9 Å². The molecule has 1 unspecified atom stereocenters. The van der Waals surface area contributed by atoms with Gasteiger partial charge >= 0.3 is 6.36 Å². The Morgan fingerprint density at radius 1 is 1.22 bits per heavy atom. The predicted molar refractivity (Wildman–Crippen MR) is 135 cm³/mol. The van der Waals surface area contributed by atoms with E-state index in [9.17, 15) is 32.6 Å². The maximum absolute atomic E-state index is 13.5. The molecule has 1 atom stereocenters. The third-order valence-corrected chi connectivity index (χ3v) is 5.89. The van der Waals surface area contributed by atoms with Crippen LogP contribution in [0, 0.1) is 6.92 Å². The van der Waals surface area contributed by atoms with E-state index < -0.39 is 30.8 Å². The molecular weight excluding hydrogens is 492 g/mol. The maximum atomic E-state index is 13.5. The van der Waals surface area contributed by atoms with E-state index in [1.165, 1.54) is 31.3 Å². The summed E-state index contributed by atoms with van der Waals surface area (Å²) >= 11 is 0. The number of hydrogen-bond acceptors (Lipinski definition) is 5. The fraction of sp³-hybridized carbons (Fsp3) is 0.370. The van der Waals surface area contributed by atoms with E-state index in [1.54, 1.807) is 24.9 Å². The number of benzene rings is 2. The number of carbonyl (C=O) groups excluding carboxylic acids is 1. The van der Waals surface area contributed by atoms with Gasteiger partial charge in [0.2, 0.25) is 0 Å². The van der Waals surface area contributed by atoms with Gasteiger partial charge in [-0.05, 0) is 60.7 Å². The highest BCUT2D eigenvalue weighted by molar-refractivity contribution is 5.90. The van der Waals surface area contributed by atoms with Crippen LogP contribution in [0.4, 0.5) is 23.2 Å². The van der Waals surface area contributed by atoms with Crippen molar-refractivity contribution in [1.29, 1.82) is 0 Å². The van der Waals surface area contributed by atoms with E-state index in [-0.39, 0.29) is 12.3 Å². The van der Waals surface area contributed by atoms with E-state index in [0.29, 0.717) is 33.5 Å². The van der Waals surface area contributed by atoms with Gasteiger partial charge < -0.3 is 24.7 Å². The number of aliphatic hydroxyl groups excluding tert-OH is 2. The van der Waals surface area contributed by atoms with Crippen LogP contribution >= 0.6 is 0 Å². The van der Waals surface area contributed by atoms with Crippen LogP contribution in [0.15, 0.2) is 54.5 Å². The number of ether oxygens (including phenoxy) is 1. The summed E-state index contributed by atoms with van der Waals surface area (Å²) in [6, 6.07) is 6.97. The Labute approximate surface area is 214 Å². The lowest BCUT2D eigenvalue weighted by atomic mass is 9.89. The highest BCUT2D eigenvalue weighted by atomic mass is 19.4. The fourth-order valence-electron chi connectivity index (χ4n) is 4.05. The Bertz CT molecular complexity index is 1160. The molecule has 2 aromatic rings. The number of carbonyl (C=O) groups is 1. The number of likely N-dealkylation sites (N-methyl/N-ethyl adjacent to an activating group) is 1. The maximum Gasteiger partial charge on any atom is 0.573 e. The summed E-state index contributed by atoms with van der Waals surface area (Å²) in [5.74, 6) is -2.48. The molecule has 0 bridgehead atoms. The molecule has 0 aliphatic rings. The first-order chi connectivity index (χ1) is 17.2. The molecule has 0 aliphatic heterocycles. The summed E-state index contributed by atoms with van der Waals surface area (Å²) in [4.78, 5) is 15.1. The van der Waals surface area contributed by atoms with E-state index in [4.69, 9.17) is 0 Å². The molecule has 37 heavy (non-hydrogen) atoms. The second kappa shape index (κ2) is 12.2. The first-order valence-electron chi connectivity index (χ1n) is 11.5. The minimum Gasteiger partial charge on any atom is -0.406 e. The molecule has 10 heteroatoms. The van der Waals surface area contributed by atoms with Gasteiger partial charge in [-0.15, -0.1) is 13.2 Å². The van der Waals surface area contributed by atoms with Crippen LogP contribution in [0.5, 0.6) is 5.75 Å². The average molecular weight is 525 g/mol. The van der Waals surface area contributed by atoms with Crippen LogP contribution in [0.25, 0.3) is 11.1 Å². The zero-order valence-electron chi connectivity index (χ0n) is 21.5. The zero-order valence-corrected chi connectivity index (χ0v) is 21.5. The van der Waals surface area contributed by atoms with Crippen molar-refractivity contribution < 1.29 is 37.3 Å². The first-order valence-corrected chi connectivity index (χ1v) is 11.5. The third-order valence-electron chi connectivity index (χ3n) is 5.89. The van der Waals surface area contributed by atoms with Gasteiger partial charge in [-0.2, -0.15) is 0 Å². The van der Waals surface area contributed by atoms with Crippen LogP contribution in [-0.4, -0.2) is 48.1 Å². The van der Waals surface area contributed by atoms with Gasteiger partial charge in [0, 0.05) is 32.4 Å². The number of aliphatic hydroxyl groups is 2. The van der Waals surface area contributed by atoms with Gasteiger partial charge in [-0.3, -0.25) is 4.79 Å². The van der Waals surface area contributed by atoms with E-state index in [2.05, 4.69) is 11.3 Å². The molecule has 0 aromatic heterocycles. The van der Waals surface area contributed by atoms with E-state index >= 15 is 0 Å². The third kappa shape index (κ3) is 7.56. The SMILES string of the molecule is C=C(F)C(=O)N(C)Cc1cc(-c2ccc(OC(F)(F)F)cc2)c(C)c(N(C)/C=C(\C)CC)c1C(O)CO. The van der Waals surface area contributed by atoms with Crippen molar-refractivity contribution in [2.24, 2.45) is 0 Å². The largest absolute Gasteiger partial charge is 0.573 e. The van der Waals surface area contributed by atoms with Crippen molar-refractivity contribution in [3.8, 4) is 16.9 Å². The Morgan fingerprint density at radius 2 is 1.81 bits per heavy atom. The van der Waals surface area contributed by atoms with Crippen molar-refractivity contribution in [3.05, 3.63) is 71.2 Å². The molecule has 0 fully saturated rings. The number of alkyl halides is 3. The monoisotopic (exact) mass is 524 g/mol. The van der Waals surface area contributed by atoms with Crippen molar-refractivity contribution in [3.63, 3.8) is 0 Å². The molecule has 2 aromatic carbocycles. The lowest BCUT2D eigenvalue weighted by molar-refractivity contribution is -0.274. The molecular formula is C27H32F4N2O4. The summed E-state index contributed by atoms with van der Waals surface area (Å²) in [7, 11) is 3.14. The van der Waals surface area contributed by atoms with E-state index in [0.717, 1.165) is 16.9 Å². The van der Waals surface area contributed by atoms with Gasteiger partial charge in [0.05, 0.1) is 12.3 Å². The normalized spacial score (nSPS) is 12.8. The molecule has 0 heterocycles. The molecule has 2 N–H and O–H groups in total. The molecule has 0 radical (unpaired) electrons. The first kappa shape index (κ1) is 29.9. The van der Waals surface area contributed by atoms with Gasteiger partial charge in [0.25, 0.3) is 5.91 Å². The van der Waals surface area contributed by atoms with Gasteiger partial charge in [-0.25, -0.2) is 4.39 Å². The summed E-state index contributed by atoms with van der Waals surface area (Å²) in [6.07, 6.45) is -3.54. The molecule has 0 spiro atoms. The van der Waals surface area contributed by atoms with Crippen molar-refractivity contribution in [2.45, 2.75) is 46.2 Å². The highest BCUT2D eigenvalue weighted by Gasteiger charge is 2.31. The number of amides is 1. The number of allylic oxidation sites excluding steroid dienone is 1. The lowest BCUT2D eigenvalue weighted by Gasteiger charge is -2.30. The molecule has 1 amide bonds. The van der Waals surface area contributed by atoms with Crippen LogP contribution in [0.1, 0.15) is 43.1 Å². The number of halogens is 4. The smallest absolute Gasteiger partial charge is 0.406 e. The minimum absolute atomic E-state index is 0.131. The Hall–Kier alpha value is -3.37. The second-order valence-electron chi connectivity index (χ2n) is 8.75. The summed E-state index contributed by atoms with van der Waals surface area (Å²) in [5, 5.41) is 20.6. The van der Waals surface area contributed by atoms with Crippen molar-refractivity contribution in [1.82, 2.24) is 4.90 Å². The van der Waals surface area contributed by atoms with Crippen molar-refractivity contribution >= 4 is 11.6 Å². The Morgan fingerprint density at radius 3 is 2.30 bits per heavy atom. The molecule has 0 saturated carbocycles. The quantitative estimate of drug-likeness (QED) is 0.305. The van der Waals surface area contributed by atoms with Gasteiger partial charge in [0.15, 0.2) is 5.83 Å². The van der Waals surface area contributed by atoms with E-state index in [1.807, 2.05) is 20.0 Å². The van der Waals surface area contributed by atoms with Crippen LogP contribution < -0.4 is 9.64 Å². The van der Waals surface area contributed by atoms with Crippen molar-refractivity contribution in [2.75, 3.05) is 25.6 Å². The molecule has 0 saturated heterocycles. The molecule has 2 rings (SSSR count). The molecule has 202 valence electrons. The molecule has 0 aliphatic carbocycles. The number of nitrogens with zero attached hydrogens (tertiary/aromatic N) is 2. The number of rotatable bonds is 10. The predicted octanol–water partition coefficient (Wildman–Crippen LogP) is 5.78.